The molecule has 30 heavy (non-hydrogen) atoms. The van der Waals surface area contributed by atoms with E-state index in [0.29, 0.717) is 5.69 Å². The van der Waals surface area contributed by atoms with Crippen LogP contribution in [0.25, 0.3) is 0 Å². The third-order valence-corrected chi connectivity index (χ3v) is 6.51. The summed E-state index contributed by atoms with van der Waals surface area (Å²) < 4.78 is 35.7. The summed E-state index contributed by atoms with van der Waals surface area (Å²) in [6.07, 6.45) is 3.04. The van der Waals surface area contributed by atoms with Gasteiger partial charge in [0.25, 0.3) is 15.7 Å². The lowest BCUT2D eigenvalue weighted by atomic mass is 10.1. The van der Waals surface area contributed by atoms with Crippen molar-refractivity contribution >= 4 is 27.4 Å². The molecule has 0 unspecified atom stereocenters. The van der Waals surface area contributed by atoms with Crippen molar-refractivity contribution in [3.63, 3.8) is 0 Å². The number of esters is 1. The van der Waals surface area contributed by atoms with E-state index >= 15 is 0 Å². The van der Waals surface area contributed by atoms with Crippen molar-refractivity contribution in [2.75, 3.05) is 32.1 Å². The van der Waals surface area contributed by atoms with E-state index in [9.17, 15) is 23.3 Å². The Balaban J connectivity index is 1.80. The molecule has 1 aromatic heterocycles. The summed E-state index contributed by atoms with van der Waals surface area (Å²) in [5, 5.41) is 10.9. The molecule has 0 spiro atoms. The Bertz CT molecular complexity index is 1040. The van der Waals surface area contributed by atoms with Crippen LogP contribution in [-0.2, 0) is 21.4 Å². The molecule has 162 valence electrons. The molecule has 11 heteroatoms. The maximum atomic E-state index is 12.7. The molecule has 1 saturated heterocycles. The third kappa shape index (κ3) is 4.62. The predicted octanol–water partition coefficient (Wildman–Crippen LogP) is 2.79. The lowest BCUT2D eigenvalue weighted by molar-refractivity contribution is -0.384. The first-order chi connectivity index (χ1) is 14.2. The van der Waals surface area contributed by atoms with Gasteiger partial charge in [0.1, 0.15) is 12.4 Å². The lowest BCUT2D eigenvalue weighted by Crippen LogP contribution is -2.31. The Kier molecular flexibility index (Phi) is 6.42. The maximum absolute atomic E-state index is 12.7. The van der Waals surface area contributed by atoms with Gasteiger partial charge >= 0.3 is 5.97 Å². The van der Waals surface area contributed by atoms with Crippen LogP contribution in [0.1, 0.15) is 35.4 Å². The van der Waals surface area contributed by atoms with Crippen LogP contribution in [0.5, 0.6) is 0 Å². The summed E-state index contributed by atoms with van der Waals surface area (Å²) in [6.45, 7) is 1.20. The summed E-state index contributed by atoms with van der Waals surface area (Å²) in [6, 6.07) is 6.82. The number of sulfonamides is 1. The molecule has 0 atom stereocenters. The number of benzene rings is 1. The predicted molar refractivity (Wildman–Crippen MR) is 108 cm³/mol. The number of anilines is 1. The number of nitro benzene ring substituents is 1. The Morgan fingerprint density at radius 2 is 1.90 bits per heavy atom. The van der Waals surface area contributed by atoms with Crippen LogP contribution < -0.4 is 4.90 Å². The van der Waals surface area contributed by atoms with Crippen LogP contribution in [0.4, 0.5) is 11.4 Å². The van der Waals surface area contributed by atoms with Gasteiger partial charge in [-0.15, -0.1) is 0 Å². The maximum Gasteiger partial charge on any atom is 0.340 e. The highest BCUT2D eigenvalue weighted by molar-refractivity contribution is 7.88. The van der Waals surface area contributed by atoms with E-state index in [1.165, 1.54) is 38.4 Å². The fourth-order valence-corrected chi connectivity index (χ4v) is 3.99. The number of nitro groups is 1. The van der Waals surface area contributed by atoms with Crippen molar-refractivity contribution in [2.24, 2.45) is 0 Å². The monoisotopic (exact) mass is 437 g/mol. The quantitative estimate of drug-likeness (QED) is 0.368. The first-order valence-corrected chi connectivity index (χ1v) is 10.9. The third-order valence-electron chi connectivity index (χ3n) is 4.83. The highest BCUT2D eigenvalue weighted by Crippen LogP contribution is 2.29. The molecule has 0 radical (unpaired) electrons. The second kappa shape index (κ2) is 8.84. The number of ether oxygens (including phenoxy) is 1. The minimum Gasteiger partial charge on any atom is -0.454 e. The molecule has 1 aliphatic rings. The summed E-state index contributed by atoms with van der Waals surface area (Å²) in [5.74, 6) is -0.596. The summed E-state index contributed by atoms with van der Waals surface area (Å²) in [5.41, 5.74) is 0.472. The topological polar surface area (TPSA) is 123 Å². The van der Waals surface area contributed by atoms with Gasteiger partial charge in [-0.05, 0) is 37.5 Å². The molecule has 0 saturated carbocycles. The number of furan rings is 1. The Labute approximate surface area is 174 Å². The number of hydrogen-bond acceptors (Lipinski definition) is 8. The van der Waals surface area contributed by atoms with E-state index in [1.807, 2.05) is 4.90 Å². The average molecular weight is 437 g/mol. The second-order valence-corrected chi connectivity index (χ2v) is 9.17. The van der Waals surface area contributed by atoms with Gasteiger partial charge < -0.3 is 14.1 Å². The molecule has 0 bridgehead atoms. The van der Waals surface area contributed by atoms with Gasteiger partial charge in [0, 0.05) is 39.3 Å². The Hall–Kier alpha value is -2.92. The van der Waals surface area contributed by atoms with E-state index in [2.05, 4.69) is 0 Å². The summed E-state index contributed by atoms with van der Waals surface area (Å²) >= 11 is 0. The van der Waals surface area contributed by atoms with Crippen molar-refractivity contribution in [3.8, 4) is 0 Å². The van der Waals surface area contributed by atoms with Gasteiger partial charge in [0.05, 0.1) is 16.2 Å². The number of hydrogen-bond donors (Lipinski definition) is 0. The smallest absolute Gasteiger partial charge is 0.340 e. The number of carbonyl (C=O) groups is 1. The van der Waals surface area contributed by atoms with Crippen molar-refractivity contribution in [1.29, 1.82) is 0 Å². The molecule has 2 aromatic rings. The van der Waals surface area contributed by atoms with Crippen LogP contribution >= 0.6 is 0 Å². The van der Waals surface area contributed by atoms with Crippen molar-refractivity contribution in [1.82, 2.24) is 4.31 Å². The molecule has 1 aromatic carbocycles. The van der Waals surface area contributed by atoms with Crippen LogP contribution in [0.3, 0.4) is 0 Å². The number of nitrogens with zero attached hydrogens (tertiary/aromatic N) is 3. The number of piperidine rings is 1. The van der Waals surface area contributed by atoms with Gasteiger partial charge in [-0.2, -0.15) is 0 Å². The number of non-ortho nitro benzene ring substituents is 1. The van der Waals surface area contributed by atoms with Crippen molar-refractivity contribution < 1.29 is 27.3 Å². The van der Waals surface area contributed by atoms with E-state index in [4.69, 9.17) is 9.15 Å². The van der Waals surface area contributed by atoms with Crippen LogP contribution in [0, 0.1) is 10.1 Å². The minimum atomic E-state index is -3.74. The van der Waals surface area contributed by atoms with Gasteiger partial charge in [-0.3, -0.25) is 10.1 Å². The second-order valence-electron chi connectivity index (χ2n) is 7.09. The summed E-state index contributed by atoms with van der Waals surface area (Å²) in [4.78, 5) is 25.3. The highest BCUT2D eigenvalue weighted by Gasteiger charge is 2.24. The molecule has 1 aliphatic heterocycles. The largest absolute Gasteiger partial charge is 0.454 e. The molecule has 0 N–H and O–H groups in total. The van der Waals surface area contributed by atoms with Crippen LogP contribution in [0.15, 0.2) is 39.8 Å². The lowest BCUT2D eigenvalue weighted by Gasteiger charge is -2.30. The SMILES string of the molecule is CN(C)S(=O)(=O)c1ccc(COC(=O)c2cc([N+](=O)[O-])ccc2N2CCCCC2)o1. The molecule has 3 rings (SSSR count). The average Bonchev–Trinajstić information content (AvgIpc) is 3.22. The van der Waals surface area contributed by atoms with E-state index in [0.717, 1.165) is 36.7 Å². The van der Waals surface area contributed by atoms with E-state index < -0.39 is 20.9 Å². The van der Waals surface area contributed by atoms with Gasteiger partial charge in [0.2, 0.25) is 5.09 Å². The zero-order valence-corrected chi connectivity index (χ0v) is 17.6. The van der Waals surface area contributed by atoms with Gasteiger partial charge in [0.15, 0.2) is 0 Å². The van der Waals surface area contributed by atoms with Gasteiger partial charge in [-0.1, -0.05) is 0 Å². The normalized spacial score (nSPS) is 14.7. The highest BCUT2D eigenvalue weighted by atomic mass is 32.2. The van der Waals surface area contributed by atoms with Crippen molar-refractivity contribution in [2.45, 2.75) is 31.0 Å². The van der Waals surface area contributed by atoms with Gasteiger partial charge in [-0.25, -0.2) is 17.5 Å². The molecule has 10 nitrogen and oxygen atoms in total. The summed E-state index contributed by atoms with van der Waals surface area (Å²) in [7, 11) is -0.985. The zero-order valence-electron chi connectivity index (χ0n) is 16.7. The fraction of sp³-hybridized carbons (Fsp3) is 0.421. The number of rotatable bonds is 7. The fourth-order valence-electron chi connectivity index (χ4n) is 3.18. The molecular weight excluding hydrogens is 414 g/mol. The van der Waals surface area contributed by atoms with Crippen LogP contribution in [-0.4, -0.2) is 50.8 Å². The Morgan fingerprint density at radius 3 is 2.53 bits per heavy atom. The number of carbonyl (C=O) groups excluding carboxylic acids is 1. The molecule has 2 heterocycles. The molecule has 1 fully saturated rings. The Morgan fingerprint density at radius 1 is 1.20 bits per heavy atom. The molecule has 0 aliphatic carbocycles. The standard InChI is InChI=1S/C19H23N3O7S/c1-20(2)30(26,27)18-9-7-15(29-18)13-28-19(23)16-12-14(22(24)25)6-8-17(16)21-10-4-3-5-11-21/h6-9,12H,3-5,10-11,13H2,1-2H3. The van der Waals surface area contributed by atoms with Crippen molar-refractivity contribution in [3.05, 3.63) is 51.8 Å². The first-order valence-electron chi connectivity index (χ1n) is 9.42. The zero-order chi connectivity index (χ0) is 21.9. The van der Waals surface area contributed by atoms with Crippen LogP contribution in [0.2, 0.25) is 0 Å². The minimum absolute atomic E-state index is 0.0961. The molecule has 0 amide bonds. The van der Waals surface area contributed by atoms with E-state index in [1.54, 1.807) is 6.07 Å². The molecular formula is C19H23N3O7S. The van der Waals surface area contributed by atoms with E-state index in [-0.39, 0.29) is 28.7 Å². The first kappa shape index (κ1) is 21.8.